The Morgan fingerprint density at radius 1 is 0.324 bits per heavy atom. The molecule has 176 valence electrons. The van der Waals surface area contributed by atoms with Crippen LogP contribution in [0.1, 0.15) is 22.3 Å². The fourth-order valence-corrected chi connectivity index (χ4v) is 8.35. The average molecular weight is 661 g/mol. The van der Waals surface area contributed by atoms with Crippen molar-refractivity contribution in [1.29, 1.82) is 0 Å². The van der Waals surface area contributed by atoms with Crippen LogP contribution < -0.4 is 0 Å². The van der Waals surface area contributed by atoms with Crippen LogP contribution in [-0.4, -0.2) is 18.4 Å². The van der Waals surface area contributed by atoms with Crippen LogP contribution in [0.5, 0.6) is 0 Å². The molecule has 4 aromatic rings. The van der Waals surface area contributed by atoms with Gasteiger partial charge in [-0.2, -0.15) is 0 Å². The number of benzene rings is 4. The van der Waals surface area contributed by atoms with Crippen molar-refractivity contribution in [3.8, 4) is 39.4 Å². The van der Waals surface area contributed by atoms with Crippen molar-refractivity contribution >= 4 is 64.8 Å². The second-order valence-corrected chi connectivity index (χ2v) is 16.7. The van der Waals surface area contributed by atoms with Crippen molar-refractivity contribution in [1.82, 2.24) is 0 Å². The molecule has 0 nitrogen and oxygen atoms in total. The Kier molecular flexibility index (Phi) is 9.56. The fraction of sp³-hybridized carbons (Fsp3) is 0. The molecule has 0 spiro atoms. The Morgan fingerprint density at radius 2 is 0.514 bits per heavy atom. The molecular weight excluding hydrogens is 645 g/mol. The van der Waals surface area contributed by atoms with Gasteiger partial charge in [-0.1, -0.05) is 0 Å². The number of halogens is 4. The maximum absolute atomic E-state index is 6.06. The summed E-state index contributed by atoms with van der Waals surface area (Å²) in [5.41, 5.74) is 3.28. The summed E-state index contributed by atoms with van der Waals surface area (Å²) in [7, 11) is 0. The van der Waals surface area contributed by atoms with Gasteiger partial charge in [0.15, 0.2) is 0 Å². The topological polar surface area (TPSA) is 0 Å². The molecule has 0 saturated carbocycles. The van der Waals surface area contributed by atoms with Crippen LogP contribution in [0.3, 0.4) is 0 Å². The summed E-state index contributed by atoms with van der Waals surface area (Å²) in [5.74, 6) is 13.1. The number of hydrogen-bond donors (Lipinski definition) is 0. The predicted molar refractivity (Wildman–Crippen MR) is 159 cm³/mol. The zero-order chi connectivity index (χ0) is 26.1. The van der Waals surface area contributed by atoms with Gasteiger partial charge in [0.25, 0.3) is 0 Å². The Bertz CT molecular complexity index is 1380. The van der Waals surface area contributed by atoms with Crippen molar-refractivity contribution in [3.63, 3.8) is 0 Å². The van der Waals surface area contributed by atoms with Gasteiger partial charge in [0.05, 0.1) is 0 Å². The molecule has 0 radical (unpaired) electrons. The summed E-state index contributed by atoms with van der Waals surface area (Å²) in [4.78, 5) is 0. The summed E-state index contributed by atoms with van der Waals surface area (Å²) in [6.07, 6.45) is 0. The molecule has 0 atom stereocenters. The molecule has 0 aliphatic carbocycles. The minimum absolute atomic E-state index is 0.646. The summed E-state index contributed by atoms with van der Waals surface area (Å²) in [6.45, 7) is 0. The molecule has 0 bridgehead atoms. The molecule has 0 aliphatic rings. The molecule has 0 aromatic heterocycles. The third kappa shape index (κ3) is 8.56. The monoisotopic (exact) mass is 660 g/mol. The van der Waals surface area contributed by atoms with Crippen LogP contribution in [0, 0.1) is 39.4 Å². The quantitative estimate of drug-likeness (QED) is 0.131. The fourth-order valence-electron chi connectivity index (χ4n) is 2.98. The van der Waals surface area contributed by atoms with Crippen molar-refractivity contribution in [2.24, 2.45) is 0 Å². The van der Waals surface area contributed by atoms with E-state index >= 15 is 0 Å². The molecule has 0 heterocycles. The number of hydrogen-bond acceptors (Lipinski definition) is 0. The van der Waals surface area contributed by atoms with Gasteiger partial charge in [0, 0.05) is 0 Å². The van der Waals surface area contributed by atoms with E-state index in [4.69, 9.17) is 46.4 Å². The summed E-state index contributed by atoms with van der Waals surface area (Å²) in [5, 5.41) is 2.58. The summed E-state index contributed by atoms with van der Waals surface area (Å²) < 4.78 is 13.7. The van der Waals surface area contributed by atoms with Gasteiger partial charge in [-0.25, -0.2) is 0 Å². The second kappa shape index (κ2) is 13.0. The second-order valence-electron chi connectivity index (χ2n) is 7.78. The third-order valence-electron chi connectivity index (χ3n) is 4.95. The zero-order valence-corrected chi connectivity index (χ0v) is 25.1. The third-order valence-corrected chi connectivity index (χ3v) is 11.7. The molecule has 0 unspecified atom stereocenters. The zero-order valence-electron chi connectivity index (χ0n) is 19.2. The Labute approximate surface area is 241 Å². The average Bonchev–Trinajstić information content (AvgIpc) is 2.91. The number of rotatable bonds is 0. The van der Waals surface area contributed by atoms with E-state index < -0.39 is 18.4 Å². The van der Waals surface area contributed by atoms with E-state index in [0.717, 1.165) is 22.3 Å². The van der Waals surface area contributed by atoms with Gasteiger partial charge in [0.1, 0.15) is 0 Å². The van der Waals surface area contributed by atoms with E-state index in [1.54, 1.807) is 48.5 Å². The van der Waals surface area contributed by atoms with Crippen LogP contribution in [-0.2, 0) is 0 Å². The van der Waals surface area contributed by atoms with Crippen LogP contribution >= 0.6 is 46.4 Å². The maximum atomic E-state index is 6.06. The molecule has 0 amide bonds. The van der Waals surface area contributed by atoms with Crippen molar-refractivity contribution in [2.45, 2.75) is 0 Å². The van der Waals surface area contributed by atoms with Crippen LogP contribution in [0.2, 0.25) is 20.1 Å². The van der Waals surface area contributed by atoms with E-state index in [1.807, 2.05) is 48.5 Å². The van der Waals surface area contributed by atoms with Crippen molar-refractivity contribution < 1.29 is 0 Å². The Hall–Kier alpha value is -2.92. The molecule has 4 rings (SSSR count). The first-order chi connectivity index (χ1) is 17.9. The van der Waals surface area contributed by atoms with Gasteiger partial charge >= 0.3 is 244 Å². The first-order valence-corrected chi connectivity index (χ1v) is 18.3. The van der Waals surface area contributed by atoms with Crippen LogP contribution in [0.25, 0.3) is 0 Å². The van der Waals surface area contributed by atoms with E-state index in [9.17, 15) is 0 Å². The van der Waals surface area contributed by atoms with Gasteiger partial charge in [-0.05, 0) is 0 Å². The molecule has 0 saturated heterocycles. The molecular formula is C32H16Cl4Sn. The van der Waals surface area contributed by atoms with E-state index in [-0.39, 0.29) is 0 Å². The molecule has 4 aromatic carbocycles. The standard InChI is InChI=1S/4C8H4Cl.Sn/c4*1-2-7-3-5-8(9)6-4-7;/h4*3-6H;. The molecule has 37 heavy (non-hydrogen) atoms. The first-order valence-electron chi connectivity index (χ1n) is 11.0. The Morgan fingerprint density at radius 3 is 0.703 bits per heavy atom. The molecule has 0 fully saturated rings. The SMILES string of the molecule is Clc1ccc(C#[C][Sn]([C]#Cc2ccc(Cl)cc2)([C]#Cc2ccc(Cl)cc2)[C]#Cc2ccc(Cl)cc2)cc1. The molecule has 5 heteroatoms. The van der Waals surface area contributed by atoms with Gasteiger partial charge < -0.3 is 0 Å². The van der Waals surface area contributed by atoms with Gasteiger partial charge in [-0.15, -0.1) is 0 Å². The molecule has 0 aliphatic heterocycles. The van der Waals surface area contributed by atoms with Gasteiger partial charge in [-0.3, -0.25) is 0 Å². The first kappa shape index (κ1) is 27.1. The summed E-state index contributed by atoms with van der Waals surface area (Å²) >= 11 is 20.1. The molecule has 0 N–H and O–H groups in total. The van der Waals surface area contributed by atoms with E-state index in [2.05, 4.69) is 39.4 Å². The van der Waals surface area contributed by atoms with Crippen molar-refractivity contribution in [3.05, 3.63) is 139 Å². The summed E-state index contributed by atoms with van der Waals surface area (Å²) in [6, 6.07) is 29.4. The van der Waals surface area contributed by atoms with Crippen LogP contribution in [0.15, 0.2) is 97.1 Å². The van der Waals surface area contributed by atoms with Crippen LogP contribution in [0.4, 0.5) is 0 Å². The van der Waals surface area contributed by atoms with Gasteiger partial charge in [0.2, 0.25) is 0 Å². The normalized spacial score (nSPS) is 9.84. The van der Waals surface area contributed by atoms with Crippen molar-refractivity contribution in [2.75, 3.05) is 0 Å². The van der Waals surface area contributed by atoms with E-state index in [1.165, 1.54) is 0 Å². The Balaban J connectivity index is 1.89. The minimum atomic E-state index is -4.12. The van der Waals surface area contributed by atoms with E-state index in [0.29, 0.717) is 20.1 Å². The predicted octanol–water partition coefficient (Wildman–Crippen LogP) is 8.41.